The highest BCUT2D eigenvalue weighted by Crippen LogP contribution is 2.29. The number of amides is 3. The monoisotopic (exact) mass is 405 g/mol. The van der Waals surface area contributed by atoms with Crippen LogP contribution in [-0.2, 0) is 20.8 Å². The van der Waals surface area contributed by atoms with Crippen LogP contribution in [-0.4, -0.2) is 41.8 Å². The molecule has 0 aromatic heterocycles. The van der Waals surface area contributed by atoms with Gasteiger partial charge in [-0.3, -0.25) is 14.4 Å². The van der Waals surface area contributed by atoms with Gasteiger partial charge in [-0.05, 0) is 49.9 Å². The number of benzene rings is 2. The minimum absolute atomic E-state index is 0.0271. The highest BCUT2D eigenvalue weighted by Gasteiger charge is 2.38. The molecule has 2 heterocycles. The molecule has 2 aromatic carbocycles. The van der Waals surface area contributed by atoms with Crippen LogP contribution in [0.3, 0.4) is 0 Å². The lowest BCUT2D eigenvalue weighted by Gasteiger charge is -2.28. The maximum absolute atomic E-state index is 13.0. The summed E-state index contributed by atoms with van der Waals surface area (Å²) in [5, 5.41) is 2.94. The van der Waals surface area contributed by atoms with Gasteiger partial charge < -0.3 is 15.1 Å². The Bertz CT molecular complexity index is 944. The Morgan fingerprint density at radius 3 is 2.60 bits per heavy atom. The highest BCUT2D eigenvalue weighted by molar-refractivity contribution is 6.01. The van der Waals surface area contributed by atoms with Crippen LogP contribution in [0.4, 0.5) is 11.4 Å². The number of carbonyl (C=O) groups is 3. The fraction of sp³-hybridized carbons (Fsp3) is 0.375. The minimum atomic E-state index is -0.427. The number of nitrogens with one attached hydrogen (secondary N) is 1. The Balaban J connectivity index is 1.38. The summed E-state index contributed by atoms with van der Waals surface area (Å²) in [6, 6.07) is 16.9. The van der Waals surface area contributed by atoms with Crippen molar-refractivity contribution >= 4 is 29.1 Å². The van der Waals surface area contributed by atoms with Crippen molar-refractivity contribution in [3.8, 4) is 0 Å². The molecule has 1 fully saturated rings. The molecule has 4 rings (SSSR count). The Morgan fingerprint density at radius 1 is 1.10 bits per heavy atom. The van der Waals surface area contributed by atoms with Gasteiger partial charge in [-0.15, -0.1) is 0 Å². The topological polar surface area (TPSA) is 69.7 Å². The number of hydrogen-bond acceptors (Lipinski definition) is 3. The molecular weight excluding hydrogens is 378 g/mol. The van der Waals surface area contributed by atoms with Crippen LogP contribution >= 0.6 is 0 Å². The number of hydrogen-bond donors (Lipinski definition) is 1. The molecule has 156 valence electrons. The molecular formula is C24H27N3O3. The van der Waals surface area contributed by atoms with Gasteiger partial charge in [-0.25, -0.2) is 0 Å². The molecule has 6 heteroatoms. The fourth-order valence-corrected chi connectivity index (χ4v) is 4.48. The lowest BCUT2D eigenvalue weighted by molar-refractivity contribution is -0.138. The van der Waals surface area contributed by atoms with Gasteiger partial charge in [0.05, 0.1) is 0 Å². The first-order chi connectivity index (χ1) is 14.6. The Hall–Kier alpha value is -3.15. The summed E-state index contributed by atoms with van der Waals surface area (Å²) < 4.78 is 0. The fourth-order valence-electron chi connectivity index (χ4n) is 4.48. The third-order valence-electron chi connectivity index (χ3n) is 6.10. The molecule has 1 saturated heterocycles. The first-order valence-corrected chi connectivity index (χ1v) is 10.6. The van der Waals surface area contributed by atoms with Crippen molar-refractivity contribution in [2.24, 2.45) is 5.92 Å². The summed E-state index contributed by atoms with van der Waals surface area (Å²) in [5.41, 5.74) is 2.83. The van der Waals surface area contributed by atoms with Gasteiger partial charge in [0.25, 0.3) is 0 Å². The molecule has 3 amide bonds. The lowest BCUT2D eigenvalue weighted by Crippen LogP contribution is -2.45. The Labute approximate surface area is 176 Å². The molecule has 0 spiro atoms. The summed E-state index contributed by atoms with van der Waals surface area (Å²) >= 11 is 0. The highest BCUT2D eigenvalue weighted by atomic mass is 16.2. The number of nitrogens with zero attached hydrogens (tertiary/aromatic N) is 2. The van der Waals surface area contributed by atoms with Crippen LogP contribution in [0.5, 0.6) is 0 Å². The predicted molar refractivity (Wildman–Crippen MR) is 116 cm³/mol. The molecule has 0 aliphatic carbocycles. The second kappa shape index (κ2) is 8.69. The average molecular weight is 405 g/mol. The molecule has 0 saturated carbocycles. The molecule has 1 N–H and O–H groups in total. The van der Waals surface area contributed by atoms with Gasteiger partial charge in [-0.2, -0.15) is 0 Å². The first kappa shape index (κ1) is 20.1. The van der Waals surface area contributed by atoms with Crippen molar-refractivity contribution in [1.29, 1.82) is 0 Å². The quantitative estimate of drug-likeness (QED) is 0.802. The summed E-state index contributed by atoms with van der Waals surface area (Å²) in [4.78, 5) is 41.8. The second-order valence-electron chi connectivity index (χ2n) is 7.90. The van der Waals surface area contributed by atoms with Crippen LogP contribution < -0.4 is 10.2 Å². The van der Waals surface area contributed by atoms with Crippen LogP contribution in [0.2, 0.25) is 0 Å². The Morgan fingerprint density at radius 2 is 1.83 bits per heavy atom. The molecule has 2 unspecified atom stereocenters. The van der Waals surface area contributed by atoms with Crippen molar-refractivity contribution in [2.75, 3.05) is 23.3 Å². The third-order valence-corrected chi connectivity index (χ3v) is 6.10. The van der Waals surface area contributed by atoms with Gasteiger partial charge in [0, 0.05) is 36.8 Å². The number of likely N-dealkylation sites (N-methyl/N-ethyl adjacent to an activating group) is 1. The summed E-state index contributed by atoms with van der Waals surface area (Å²) in [5.74, 6) is -0.336. The smallest absolute Gasteiger partial charge is 0.249 e. The van der Waals surface area contributed by atoms with E-state index in [1.807, 2.05) is 61.5 Å². The van der Waals surface area contributed by atoms with E-state index in [9.17, 15) is 14.4 Å². The Kier molecular flexibility index (Phi) is 5.84. The standard InChI is InChI=1S/C24H27N3O3/c1-2-26(21-14-15-27(24(21)30)19-9-4-3-5-10-19)22(28)13-12-18-16-17-8-6-7-11-20(17)25-23(18)29/h3-11,18,21H,2,12-16H2,1H3,(H,25,29). The zero-order valence-corrected chi connectivity index (χ0v) is 17.2. The van der Waals surface area contributed by atoms with Crippen LogP contribution in [0, 0.1) is 5.92 Å². The number of para-hydroxylation sites is 2. The largest absolute Gasteiger partial charge is 0.331 e. The van der Waals surface area contributed by atoms with Crippen molar-refractivity contribution in [2.45, 2.75) is 38.6 Å². The molecule has 30 heavy (non-hydrogen) atoms. The van der Waals surface area contributed by atoms with Crippen molar-refractivity contribution in [1.82, 2.24) is 4.90 Å². The van der Waals surface area contributed by atoms with E-state index >= 15 is 0 Å². The van der Waals surface area contributed by atoms with E-state index in [0.29, 0.717) is 32.4 Å². The first-order valence-electron chi connectivity index (χ1n) is 10.6. The van der Waals surface area contributed by atoms with Crippen molar-refractivity contribution in [3.05, 3.63) is 60.2 Å². The molecule has 2 aliphatic heterocycles. The van der Waals surface area contributed by atoms with E-state index in [1.165, 1.54) is 0 Å². The van der Waals surface area contributed by atoms with Crippen LogP contribution in [0.15, 0.2) is 54.6 Å². The summed E-state index contributed by atoms with van der Waals surface area (Å²) in [6.07, 6.45) is 2.03. The van der Waals surface area contributed by atoms with Gasteiger partial charge >= 0.3 is 0 Å². The number of rotatable bonds is 6. The number of anilines is 2. The van der Waals surface area contributed by atoms with E-state index in [2.05, 4.69) is 5.32 Å². The zero-order chi connectivity index (χ0) is 21.1. The molecule has 0 radical (unpaired) electrons. The number of fused-ring (bicyclic) bond motifs is 1. The van der Waals surface area contributed by atoms with E-state index in [4.69, 9.17) is 0 Å². The predicted octanol–water partition coefficient (Wildman–Crippen LogP) is 3.23. The maximum Gasteiger partial charge on any atom is 0.249 e. The summed E-state index contributed by atoms with van der Waals surface area (Å²) in [7, 11) is 0. The average Bonchev–Trinajstić information content (AvgIpc) is 3.14. The molecule has 2 aliphatic rings. The second-order valence-corrected chi connectivity index (χ2v) is 7.90. The van der Waals surface area contributed by atoms with Gasteiger partial charge in [0.15, 0.2) is 0 Å². The SMILES string of the molecule is CCN(C(=O)CCC1Cc2ccccc2NC1=O)C1CCN(c2ccccc2)C1=O. The molecule has 2 aromatic rings. The van der Waals surface area contributed by atoms with Gasteiger partial charge in [0.1, 0.15) is 6.04 Å². The van der Waals surface area contributed by atoms with E-state index < -0.39 is 6.04 Å². The number of carbonyl (C=O) groups excluding carboxylic acids is 3. The minimum Gasteiger partial charge on any atom is -0.331 e. The summed E-state index contributed by atoms with van der Waals surface area (Å²) in [6.45, 7) is 3.00. The molecule has 0 bridgehead atoms. The molecule has 6 nitrogen and oxygen atoms in total. The van der Waals surface area contributed by atoms with Gasteiger partial charge in [0.2, 0.25) is 17.7 Å². The van der Waals surface area contributed by atoms with Crippen LogP contribution in [0.1, 0.15) is 31.7 Å². The van der Waals surface area contributed by atoms with E-state index in [0.717, 1.165) is 16.9 Å². The van der Waals surface area contributed by atoms with Crippen molar-refractivity contribution in [3.63, 3.8) is 0 Å². The van der Waals surface area contributed by atoms with Gasteiger partial charge in [-0.1, -0.05) is 36.4 Å². The van der Waals surface area contributed by atoms with E-state index in [-0.39, 0.29) is 30.1 Å². The molecule has 2 atom stereocenters. The van der Waals surface area contributed by atoms with Crippen molar-refractivity contribution < 1.29 is 14.4 Å². The van der Waals surface area contributed by atoms with E-state index in [1.54, 1.807) is 9.80 Å². The maximum atomic E-state index is 13.0. The van der Waals surface area contributed by atoms with Crippen LogP contribution in [0.25, 0.3) is 0 Å². The lowest BCUT2D eigenvalue weighted by atomic mass is 9.89. The zero-order valence-electron chi connectivity index (χ0n) is 17.2. The third kappa shape index (κ3) is 3.95. The normalized spacial score (nSPS) is 20.6.